The van der Waals surface area contributed by atoms with Gasteiger partial charge in [-0.1, -0.05) is 0 Å². The number of benzene rings is 1. The van der Waals surface area contributed by atoms with Gasteiger partial charge >= 0.3 is 0 Å². The summed E-state index contributed by atoms with van der Waals surface area (Å²) in [6.07, 6.45) is 3.16. The van der Waals surface area contributed by atoms with E-state index in [2.05, 4.69) is 4.98 Å². The van der Waals surface area contributed by atoms with Gasteiger partial charge in [-0.05, 0) is 48.4 Å². The molecule has 2 rings (SSSR count). The van der Waals surface area contributed by atoms with Gasteiger partial charge in [0.25, 0.3) is 0 Å². The second-order valence-electron chi connectivity index (χ2n) is 4.13. The van der Waals surface area contributed by atoms with E-state index in [9.17, 15) is 8.42 Å². The number of aryl methyl sites for hydroxylation is 1. The van der Waals surface area contributed by atoms with Crippen LogP contribution in [0.25, 0.3) is 0 Å². The fourth-order valence-corrected chi connectivity index (χ4v) is 3.05. The van der Waals surface area contributed by atoms with E-state index in [4.69, 9.17) is 5.73 Å². The van der Waals surface area contributed by atoms with E-state index in [0.29, 0.717) is 10.6 Å². The lowest BCUT2D eigenvalue weighted by Crippen LogP contribution is -2.06. The van der Waals surface area contributed by atoms with Gasteiger partial charge in [0.2, 0.25) is 0 Å². The molecule has 5 heteroatoms. The summed E-state index contributed by atoms with van der Waals surface area (Å²) < 4.78 is 24.4. The molecule has 94 valence electrons. The molecule has 2 aromatic rings. The number of nitrogens with zero attached hydrogens (tertiary/aromatic N) is 1. The third-order valence-corrected chi connectivity index (χ3v) is 4.39. The number of sulfone groups is 1. The lowest BCUT2D eigenvalue weighted by molar-refractivity contribution is 0.595. The van der Waals surface area contributed by atoms with Gasteiger partial charge in [-0.25, -0.2) is 8.42 Å². The average molecular weight is 262 g/mol. The van der Waals surface area contributed by atoms with Gasteiger partial charge in [-0.2, -0.15) is 0 Å². The van der Waals surface area contributed by atoms with Gasteiger partial charge < -0.3 is 5.73 Å². The summed E-state index contributed by atoms with van der Waals surface area (Å²) in [6, 6.07) is 8.16. The smallest absolute Gasteiger partial charge is 0.182 e. The maximum Gasteiger partial charge on any atom is 0.182 e. The Balaban J connectivity index is 2.34. The number of aromatic nitrogens is 1. The highest BCUT2D eigenvalue weighted by Crippen LogP contribution is 2.20. The van der Waals surface area contributed by atoms with Gasteiger partial charge in [-0.3, -0.25) is 4.98 Å². The quantitative estimate of drug-likeness (QED) is 0.858. The Morgan fingerprint density at radius 1 is 1.17 bits per heavy atom. The van der Waals surface area contributed by atoms with Crippen LogP contribution >= 0.6 is 0 Å². The molecule has 0 spiro atoms. The highest BCUT2D eigenvalue weighted by Gasteiger charge is 2.15. The normalized spacial score (nSPS) is 11.4. The van der Waals surface area contributed by atoms with E-state index < -0.39 is 9.84 Å². The Bertz CT molecular complexity index is 652. The summed E-state index contributed by atoms with van der Waals surface area (Å²) in [5.74, 6) is -0.0289. The number of hydrogen-bond acceptors (Lipinski definition) is 4. The summed E-state index contributed by atoms with van der Waals surface area (Å²) in [5.41, 5.74) is 7.77. The first-order valence-corrected chi connectivity index (χ1v) is 7.12. The first-order chi connectivity index (χ1) is 8.49. The van der Waals surface area contributed by atoms with Crippen LogP contribution in [0.4, 0.5) is 5.69 Å². The standard InChI is InChI=1S/C13H14N2O2S/c1-10-8-12(2-3-13(10)14)18(16,17)9-11-4-6-15-7-5-11/h2-8H,9,14H2,1H3. The van der Waals surface area contributed by atoms with Crippen molar-refractivity contribution >= 4 is 15.5 Å². The molecule has 0 amide bonds. The fourth-order valence-electron chi connectivity index (χ4n) is 1.62. The van der Waals surface area contributed by atoms with E-state index in [1.165, 1.54) is 0 Å². The molecule has 4 nitrogen and oxygen atoms in total. The first-order valence-electron chi connectivity index (χ1n) is 5.47. The van der Waals surface area contributed by atoms with E-state index in [0.717, 1.165) is 11.1 Å². The topological polar surface area (TPSA) is 73.0 Å². The van der Waals surface area contributed by atoms with Gasteiger partial charge in [0.05, 0.1) is 10.6 Å². The van der Waals surface area contributed by atoms with E-state index in [-0.39, 0.29) is 5.75 Å². The third kappa shape index (κ3) is 2.68. The average Bonchev–Trinajstić information content (AvgIpc) is 2.33. The maximum atomic E-state index is 12.2. The van der Waals surface area contributed by atoms with Crippen molar-refractivity contribution in [1.82, 2.24) is 4.98 Å². The van der Waals surface area contributed by atoms with Crippen molar-refractivity contribution in [3.63, 3.8) is 0 Å². The highest BCUT2D eigenvalue weighted by molar-refractivity contribution is 7.90. The number of rotatable bonds is 3. The van der Waals surface area contributed by atoms with Gasteiger partial charge in [0.15, 0.2) is 9.84 Å². The Kier molecular flexibility index (Phi) is 3.34. The molecule has 0 aliphatic heterocycles. The van der Waals surface area contributed by atoms with Crippen LogP contribution < -0.4 is 5.73 Å². The van der Waals surface area contributed by atoms with Crippen molar-refractivity contribution in [2.24, 2.45) is 0 Å². The first kappa shape index (κ1) is 12.6. The molecular weight excluding hydrogens is 248 g/mol. The molecule has 0 saturated heterocycles. The molecular formula is C13H14N2O2S. The van der Waals surface area contributed by atoms with Crippen LogP contribution in [-0.4, -0.2) is 13.4 Å². The molecule has 1 heterocycles. The Labute approximate surface area is 106 Å². The minimum Gasteiger partial charge on any atom is -0.399 e. The number of nitrogen functional groups attached to an aromatic ring is 1. The lowest BCUT2D eigenvalue weighted by atomic mass is 10.2. The zero-order valence-electron chi connectivity index (χ0n) is 10.00. The molecule has 0 aliphatic rings. The van der Waals surface area contributed by atoms with Gasteiger partial charge in [0.1, 0.15) is 0 Å². The van der Waals surface area contributed by atoms with Crippen molar-refractivity contribution < 1.29 is 8.42 Å². The van der Waals surface area contributed by atoms with E-state index in [1.807, 2.05) is 0 Å². The van der Waals surface area contributed by atoms with Gasteiger partial charge in [-0.15, -0.1) is 0 Å². The molecule has 18 heavy (non-hydrogen) atoms. The zero-order chi connectivity index (χ0) is 13.2. The lowest BCUT2D eigenvalue weighted by Gasteiger charge is -2.07. The summed E-state index contributed by atoms with van der Waals surface area (Å²) in [5, 5.41) is 0. The molecule has 1 aromatic carbocycles. The van der Waals surface area contributed by atoms with Crippen LogP contribution in [0.1, 0.15) is 11.1 Å². The van der Waals surface area contributed by atoms with E-state index >= 15 is 0 Å². The van der Waals surface area contributed by atoms with Crippen LogP contribution in [0.2, 0.25) is 0 Å². The summed E-state index contributed by atoms with van der Waals surface area (Å²) in [7, 11) is -3.34. The van der Waals surface area contributed by atoms with Gasteiger partial charge in [0, 0.05) is 18.1 Å². The van der Waals surface area contributed by atoms with Crippen LogP contribution in [0.3, 0.4) is 0 Å². The summed E-state index contributed by atoms with van der Waals surface area (Å²) in [6.45, 7) is 1.79. The highest BCUT2D eigenvalue weighted by atomic mass is 32.2. The molecule has 0 unspecified atom stereocenters. The van der Waals surface area contributed by atoms with Crippen molar-refractivity contribution in [2.75, 3.05) is 5.73 Å². The molecule has 0 bridgehead atoms. The minimum atomic E-state index is -3.34. The Hall–Kier alpha value is -1.88. The Morgan fingerprint density at radius 2 is 1.83 bits per heavy atom. The number of anilines is 1. The summed E-state index contributed by atoms with van der Waals surface area (Å²) in [4.78, 5) is 4.16. The Morgan fingerprint density at radius 3 is 2.44 bits per heavy atom. The van der Waals surface area contributed by atoms with E-state index in [1.54, 1.807) is 49.6 Å². The molecule has 1 aromatic heterocycles. The number of pyridine rings is 1. The van der Waals surface area contributed by atoms with Crippen LogP contribution in [0.5, 0.6) is 0 Å². The molecule has 0 saturated carbocycles. The zero-order valence-corrected chi connectivity index (χ0v) is 10.8. The summed E-state index contributed by atoms with van der Waals surface area (Å²) >= 11 is 0. The van der Waals surface area contributed by atoms with Crippen molar-refractivity contribution in [1.29, 1.82) is 0 Å². The largest absolute Gasteiger partial charge is 0.399 e. The molecule has 0 radical (unpaired) electrons. The third-order valence-electron chi connectivity index (χ3n) is 2.71. The predicted octanol–water partition coefficient (Wildman–Crippen LogP) is 1.95. The van der Waals surface area contributed by atoms with Crippen LogP contribution in [0, 0.1) is 6.92 Å². The molecule has 0 atom stereocenters. The maximum absolute atomic E-state index is 12.2. The number of nitrogens with two attached hydrogens (primary N) is 1. The monoisotopic (exact) mass is 262 g/mol. The second kappa shape index (κ2) is 4.78. The molecule has 0 aliphatic carbocycles. The minimum absolute atomic E-state index is 0.0289. The van der Waals surface area contributed by atoms with Crippen molar-refractivity contribution in [3.05, 3.63) is 53.9 Å². The van der Waals surface area contributed by atoms with Crippen LogP contribution in [0.15, 0.2) is 47.6 Å². The van der Waals surface area contributed by atoms with Crippen LogP contribution in [-0.2, 0) is 15.6 Å². The number of hydrogen-bond donors (Lipinski definition) is 1. The molecule has 2 N–H and O–H groups in total. The second-order valence-corrected chi connectivity index (χ2v) is 6.12. The van der Waals surface area contributed by atoms with Crippen molar-refractivity contribution in [2.45, 2.75) is 17.6 Å². The van der Waals surface area contributed by atoms with Crippen molar-refractivity contribution in [3.8, 4) is 0 Å². The molecule has 0 fully saturated rings. The predicted molar refractivity (Wildman–Crippen MR) is 70.7 cm³/mol. The fraction of sp³-hybridized carbons (Fsp3) is 0.154. The SMILES string of the molecule is Cc1cc(S(=O)(=O)Cc2ccncc2)ccc1N.